The summed E-state index contributed by atoms with van der Waals surface area (Å²) in [6, 6.07) is 7.58. The number of rotatable bonds is 3. The fourth-order valence-corrected chi connectivity index (χ4v) is 4.15. The number of likely N-dealkylation sites (N-methyl/N-ethyl adjacent to an activating group) is 1. The maximum absolute atomic E-state index is 15.1. The van der Waals surface area contributed by atoms with E-state index < -0.39 is 0 Å². The summed E-state index contributed by atoms with van der Waals surface area (Å²) in [5.41, 5.74) is 4.57. The number of anilines is 1. The summed E-state index contributed by atoms with van der Waals surface area (Å²) in [6.45, 7) is 5.68. The summed E-state index contributed by atoms with van der Waals surface area (Å²) in [4.78, 5) is 8.86. The molecule has 8 heteroatoms. The Kier molecular flexibility index (Phi) is 4.39. The minimum absolute atomic E-state index is 0.316. The molecule has 0 aliphatic carbocycles. The van der Waals surface area contributed by atoms with Crippen molar-refractivity contribution in [3.05, 3.63) is 47.5 Å². The minimum atomic E-state index is -0.316. The van der Waals surface area contributed by atoms with E-state index in [4.69, 9.17) is 0 Å². The second kappa shape index (κ2) is 6.98. The first-order valence-corrected chi connectivity index (χ1v) is 10.1. The predicted molar refractivity (Wildman–Crippen MR) is 115 cm³/mol. The third-order valence-electron chi connectivity index (χ3n) is 5.88. The fourth-order valence-electron chi connectivity index (χ4n) is 4.15. The molecule has 0 amide bonds. The Morgan fingerprint density at radius 1 is 1.10 bits per heavy atom. The quantitative estimate of drug-likeness (QED) is 0.522. The Morgan fingerprint density at radius 3 is 2.70 bits per heavy atom. The molecule has 3 aromatic heterocycles. The summed E-state index contributed by atoms with van der Waals surface area (Å²) in [5.74, 6) is 0.408. The van der Waals surface area contributed by atoms with Crippen LogP contribution in [0.1, 0.15) is 17.7 Å². The Hall–Kier alpha value is -3.13. The Labute approximate surface area is 174 Å². The van der Waals surface area contributed by atoms with Gasteiger partial charge in [0, 0.05) is 30.1 Å². The zero-order valence-corrected chi connectivity index (χ0v) is 17.6. The average molecular weight is 405 g/mol. The van der Waals surface area contributed by atoms with Gasteiger partial charge < -0.3 is 9.80 Å². The number of fused-ring (bicyclic) bond motifs is 2. The zero-order chi connectivity index (χ0) is 21.0. The first-order valence-electron chi connectivity index (χ1n) is 10.1. The van der Waals surface area contributed by atoms with Crippen LogP contribution in [0.3, 0.4) is 0 Å². The molecule has 1 aliphatic heterocycles. The summed E-state index contributed by atoms with van der Waals surface area (Å²) in [7, 11) is 4.17. The van der Waals surface area contributed by atoms with Gasteiger partial charge in [0.2, 0.25) is 0 Å². The lowest BCUT2D eigenvalue weighted by Crippen LogP contribution is -2.31. The Balaban J connectivity index is 1.53. The van der Waals surface area contributed by atoms with Crippen LogP contribution in [-0.4, -0.2) is 62.9 Å². The van der Waals surface area contributed by atoms with Crippen molar-refractivity contribution < 1.29 is 4.39 Å². The van der Waals surface area contributed by atoms with Crippen LogP contribution in [0.15, 0.2) is 30.5 Å². The highest BCUT2D eigenvalue weighted by Crippen LogP contribution is 2.29. The van der Waals surface area contributed by atoms with Crippen molar-refractivity contribution in [2.45, 2.75) is 26.3 Å². The van der Waals surface area contributed by atoms with E-state index in [1.54, 1.807) is 10.6 Å². The molecule has 0 radical (unpaired) electrons. The van der Waals surface area contributed by atoms with Crippen LogP contribution in [0.5, 0.6) is 0 Å². The molecule has 4 aromatic rings. The van der Waals surface area contributed by atoms with Crippen LogP contribution in [-0.2, 0) is 0 Å². The van der Waals surface area contributed by atoms with Gasteiger partial charge in [-0.05, 0) is 64.2 Å². The van der Waals surface area contributed by atoms with Crippen LogP contribution in [0.25, 0.3) is 27.8 Å². The van der Waals surface area contributed by atoms with Gasteiger partial charge in [0.15, 0.2) is 11.5 Å². The van der Waals surface area contributed by atoms with E-state index in [1.165, 1.54) is 6.07 Å². The highest BCUT2D eigenvalue weighted by atomic mass is 19.1. The van der Waals surface area contributed by atoms with Crippen LogP contribution in [0.2, 0.25) is 0 Å². The highest BCUT2D eigenvalue weighted by Gasteiger charge is 2.25. The van der Waals surface area contributed by atoms with Crippen molar-refractivity contribution >= 4 is 22.4 Å². The third kappa shape index (κ3) is 3.17. The van der Waals surface area contributed by atoms with Crippen LogP contribution >= 0.6 is 0 Å². The standard InChI is InChI=1S/C22H24FN7/c1-13-7-19(27-30-11-14(2)24-22(13)30)15-8-18(23)17-10-21(26-25-20(17)9-15)29-6-5-16(12-29)28(3)4/h7-11,16H,5-6,12H2,1-4H3. The number of imidazole rings is 1. The highest BCUT2D eigenvalue weighted by molar-refractivity contribution is 5.85. The lowest BCUT2D eigenvalue weighted by Gasteiger charge is -2.20. The molecule has 1 unspecified atom stereocenters. The van der Waals surface area contributed by atoms with Gasteiger partial charge in [-0.2, -0.15) is 5.10 Å². The molecule has 7 nitrogen and oxygen atoms in total. The Morgan fingerprint density at radius 2 is 1.93 bits per heavy atom. The van der Waals surface area contributed by atoms with E-state index >= 15 is 4.39 Å². The lowest BCUT2D eigenvalue weighted by molar-refractivity contribution is 0.315. The van der Waals surface area contributed by atoms with Gasteiger partial charge in [-0.1, -0.05) is 0 Å². The summed E-state index contributed by atoms with van der Waals surface area (Å²) >= 11 is 0. The number of aryl methyl sites for hydroxylation is 2. The molecular weight excluding hydrogens is 381 g/mol. The van der Waals surface area contributed by atoms with Crippen molar-refractivity contribution in [3.8, 4) is 11.3 Å². The molecule has 154 valence electrons. The number of nitrogens with zero attached hydrogens (tertiary/aromatic N) is 7. The molecular formula is C22H24FN7. The molecule has 30 heavy (non-hydrogen) atoms. The van der Waals surface area contributed by atoms with Crippen LogP contribution in [0.4, 0.5) is 10.2 Å². The normalized spacial score (nSPS) is 17.0. The third-order valence-corrected chi connectivity index (χ3v) is 5.88. The monoisotopic (exact) mass is 405 g/mol. The smallest absolute Gasteiger partial charge is 0.156 e. The van der Waals surface area contributed by atoms with E-state index in [2.05, 4.69) is 44.2 Å². The molecule has 0 N–H and O–H groups in total. The molecule has 1 saturated heterocycles. The predicted octanol–water partition coefficient (Wildman–Crippen LogP) is 3.24. The van der Waals surface area contributed by atoms with Gasteiger partial charge in [0.25, 0.3) is 0 Å². The van der Waals surface area contributed by atoms with Gasteiger partial charge in [0.1, 0.15) is 5.82 Å². The molecule has 0 spiro atoms. The topological polar surface area (TPSA) is 62.5 Å². The first kappa shape index (κ1) is 18.9. The number of hydrogen-bond donors (Lipinski definition) is 0. The molecule has 1 aromatic carbocycles. The molecule has 4 heterocycles. The summed E-state index contributed by atoms with van der Waals surface area (Å²) in [5, 5.41) is 13.8. The maximum Gasteiger partial charge on any atom is 0.156 e. The van der Waals surface area contributed by atoms with Crippen LogP contribution < -0.4 is 4.90 Å². The fraction of sp³-hybridized carbons (Fsp3) is 0.364. The van der Waals surface area contributed by atoms with Crippen molar-refractivity contribution in [1.82, 2.24) is 29.7 Å². The second-order valence-electron chi connectivity index (χ2n) is 8.31. The lowest BCUT2D eigenvalue weighted by atomic mass is 10.1. The molecule has 1 atom stereocenters. The van der Waals surface area contributed by atoms with Gasteiger partial charge in [-0.3, -0.25) is 0 Å². The van der Waals surface area contributed by atoms with Crippen molar-refractivity contribution in [3.63, 3.8) is 0 Å². The number of aromatic nitrogens is 5. The van der Waals surface area contributed by atoms with E-state index in [9.17, 15) is 0 Å². The summed E-state index contributed by atoms with van der Waals surface area (Å²) in [6.07, 6.45) is 2.93. The largest absolute Gasteiger partial charge is 0.353 e. The first-order chi connectivity index (χ1) is 14.4. The van der Waals surface area contributed by atoms with E-state index in [1.807, 2.05) is 32.2 Å². The second-order valence-corrected chi connectivity index (χ2v) is 8.31. The van der Waals surface area contributed by atoms with Crippen molar-refractivity contribution in [2.75, 3.05) is 32.1 Å². The van der Waals surface area contributed by atoms with Gasteiger partial charge in [-0.25, -0.2) is 13.9 Å². The van der Waals surface area contributed by atoms with E-state index in [0.29, 0.717) is 28.2 Å². The number of benzene rings is 1. The molecule has 0 saturated carbocycles. The average Bonchev–Trinajstić information content (AvgIpc) is 3.34. The zero-order valence-electron chi connectivity index (χ0n) is 17.6. The van der Waals surface area contributed by atoms with Crippen LogP contribution in [0, 0.1) is 19.7 Å². The van der Waals surface area contributed by atoms with Gasteiger partial charge >= 0.3 is 0 Å². The molecule has 5 rings (SSSR count). The molecule has 0 bridgehead atoms. The number of halogens is 1. The van der Waals surface area contributed by atoms with Gasteiger partial charge in [0.05, 0.1) is 23.1 Å². The van der Waals surface area contributed by atoms with Crippen molar-refractivity contribution in [1.29, 1.82) is 0 Å². The van der Waals surface area contributed by atoms with Crippen molar-refractivity contribution in [2.24, 2.45) is 0 Å². The SMILES string of the molecule is Cc1cn2nc(-c3cc(F)c4cc(N5CCC(N(C)C)C5)nnc4c3)cc(C)c2n1. The maximum atomic E-state index is 15.1. The molecule has 1 aliphatic rings. The minimum Gasteiger partial charge on any atom is -0.353 e. The summed E-state index contributed by atoms with van der Waals surface area (Å²) < 4.78 is 16.8. The van der Waals surface area contributed by atoms with E-state index in [0.717, 1.165) is 42.2 Å². The Bertz CT molecular complexity index is 1260. The van der Waals surface area contributed by atoms with Gasteiger partial charge in [-0.15, -0.1) is 10.2 Å². The van der Waals surface area contributed by atoms with E-state index in [-0.39, 0.29) is 5.82 Å². The number of hydrogen-bond acceptors (Lipinski definition) is 6. The molecule has 1 fully saturated rings.